The predicted molar refractivity (Wildman–Crippen MR) is 51.8 cm³/mol. The van der Waals surface area contributed by atoms with E-state index in [-0.39, 0.29) is 34.7 Å². The van der Waals surface area contributed by atoms with E-state index in [1.54, 1.807) is 12.1 Å². The van der Waals surface area contributed by atoms with Gasteiger partial charge in [-0.25, -0.2) is 4.98 Å². The van der Waals surface area contributed by atoms with E-state index < -0.39 is 0 Å². The Balaban J connectivity index is 3.57. The SMILES string of the molecule is N#CCc1nc(N)c(C#N)c(N)c1C#N. The summed E-state index contributed by atoms with van der Waals surface area (Å²) in [5.74, 6) is -0.0562. The monoisotopic (exact) mass is 198 g/mol. The number of nitriles is 3. The Bertz CT molecular complexity index is 525. The van der Waals surface area contributed by atoms with Crippen molar-refractivity contribution in [1.82, 2.24) is 4.98 Å². The van der Waals surface area contributed by atoms with Gasteiger partial charge in [0.25, 0.3) is 0 Å². The Morgan fingerprint density at radius 1 is 1.07 bits per heavy atom. The van der Waals surface area contributed by atoms with Crippen LogP contribution in [0.1, 0.15) is 16.8 Å². The average Bonchev–Trinajstić information content (AvgIpc) is 2.19. The van der Waals surface area contributed by atoms with Crippen molar-refractivity contribution in [2.24, 2.45) is 0 Å². The second kappa shape index (κ2) is 3.95. The van der Waals surface area contributed by atoms with Gasteiger partial charge in [-0.2, -0.15) is 15.8 Å². The lowest BCUT2D eigenvalue weighted by Gasteiger charge is -2.06. The number of nitrogen functional groups attached to an aromatic ring is 2. The zero-order valence-electron chi connectivity index (χ0n) is 7.65. The molecule has 0 bridgehead atoms. The van der Waals surface area contributed by atoms with Crippen molar-refractivity contribution in [2.45, 2.75) is 6.42 Å². The van der Waals surface area contributed by atoms with E-state index in [2.05, 4.69) is 4.98 Å². The third kappa shape index (κ3) is 1.63. The van der Waals surface area contributed by atoms with Gasteiger partial charge in [-0.05, 0) is 0 Å². The van der Waals surface area contributed by atoms with E-state index in [0.29, 0.717) is 0 Å². The van der Waals surface area contributed by atoms with E-state index in [1.165, 1.54) is 0 Å². The van der Waals surface area contributed by atoms with E-state index in [9.17, 15) is 0 Å². The molecule has 15 heavy (non-hydrogen) atoms. The molecule has 4 N–H and O–H groups in total. The molecule has 0 saturated heterocycles. The fourth-order valence-corrected chi connectivity index (χ4v) is 1.12. The van der Waals surface area contributed by atoms with Gasteiger partial charge < -0.3 is 11.5 Å². The van der Waals surface area contributed by atoms with Crippen LogP contribution in [-0.2, 0) is 6.42 Å². The minimum absolute atomic E-state index is 0.0160. The molecular weight excluding hydrogens is 192 g/mol. The molecule has 0 aliphatic carbocycles. The lowest BCUT2D eigenvalue weighted by atomic mass is 10.1. The van der Waals surface area contributed by atoms with Crippen LogP contribution in [0.2, 0.25) is 0 Å². The molecule has 0 unspecified atom stereocenters. The Morgan fingerprint density at radius 3 is 2.13 bits per heavy atom. The third-order valence-electron chi connectivity index (χ3n) is 1.81. The summed E-state index contributed by atoms with van der Waals surface area (Å²) in [6, 6.07) is 5.41. The van der Waals surface area contributed by atoms with Crippen LogP contribution >= 0.6 is 0 Å². The maximum Gasteiger partial charge on any atom is 0.143 e. The standard InChI is InChI=1S/C9H6N6/c10-2-1-7-5(3-11)8(13)6(4-12)9(14)15-7/h1H2,(H4,13,14,15). The number of hydrogen-bond donors (Lipinski definition) is 2. The number of nitrogens with zero attached hydrogens (tertiary/aromatic N) is 4. The smallest absolute Gasteiger partial charge is 0.143 e. The molecule has 0 aromatic carbocycles. The summed E-state index contributed by atoms with van der Waals surface area (Å²) in [7, 11) is 0. The first kappa shape index (κ1) is 10.3. The van der Waals surface area contributed by atoms with Crippen LogP contribution in [0.5, 0.6) is 0 Å². The lowest BCUT2D eigenvalue weighted by molar-refractivity contribution is 1.10. The maximum absolute atomic E-state index is 8.81. The predicted octanol–water partition coefficient (Wildman–Crippen LogP) is 0.0554. The molecule has 0 aliphatic heterocycles. The van der Waals surface area contributed by atoms with E-state index in [0.717, 1.165) is 0 Å². The normalized spacial score (nSPS) is 8.60. The topological polar surface area (TPSA) is 136 Å². The highest BCUT2D eigenvalue weighted by atomic mass is 14.9. The average molecular weight is 198 g/mol. The van der Waals surface area contributed by atoms with Crippen molar-refractivity contribution in [3.8, 4) is 18.2 Å². The van der Waals surface area contributed by atoms with Crippen molar-refractivity contribution in [1.29, 1.82) is 15.8 Å². The maximum atomic E-state index is 8.81. The van der Waals surface area contributed by atoms with Crippen LogP contribution in [0, 0.1) is 34.0 Å². The number of pyridine rings is 1. The van der Waals surface area contributed by atoms with Gasteiger partial charge in [0.1, 0.15) is 23.5 Å². The van der Waals surface area contributed by atoms with E-state index >= 15 is 0 Å². The van der Waals surface area contributed by atoms with Crippen LogP contribution in [0.4, 0.5) is 11.5 Å². The van der Waals surface area contributed by atoms with Gasteiger partial charge in [0, 0.05) is 0 Å². The molecule has 0 spiro atoms. The zero-order chi connectivity index (χ0) is 11.4. The summed E-state index contributed by atoms with van der Waals surface area (Å²) >= 11 is 0. The van der Waals surface area contributed by atoms with Gasteiger partial charge in [0.05, 0.1) is 29.4 Å². The molecule has 6 nitrogen and oxygen atoms in total. The van der Waals surface area contributed by atoms with Crippen molar-refractivity contribution in [3.05, 3.63) is 16.8 Å². The minimum Gasteiger partial charge on any atom is -0.396 e. The van der Waals surface area contributed by atoms with Gasteiger partial charge in [-0.3, -0.25) is 0 Å². The van der Waals surface area contributed by atoms with Gasteiger partial charge in [0.2, 0.25) is 0 Å². The molecule has 0 saturated carbocycles. The number of nitrogens with two attached hydrogens (primary N) is 2. The zero-order valence-corrected chi connectivity index (χ0v) is 7.65. The Labute approximate surface area is 86.0 Å². The summed E-state index contributed by atoms with van der Waals surface area (Å²) in [5.41, 5.74) is 11.2. The van der Waals surface area contributed by atoms with Crippen LogP contribution in [0.15, 0.2) is 0 Å². The van der Waals surface area contributed by atoms with Gasteiger partial charge in [-0.15, -0.1) is 0 Å². The highest BCUT2D eigenvalue weighted by Gasteiger charge is 2.15. The molecule has 1 aromatic rings. The molecule has 1 aromatic heterocycles. The fraction of sp³-hybridized carbons (Fsp3) is 0.111. The first-order valence-electron chi connectivity index (χ1n) is 3.90. The molecule has 0 fully saturated rings. The Hall–Kier alpha value is -2.78. The molecule has 6 heteroatoms. The summed E-state index contributed by atoms with van der Waals surface area (Å²) in [5, 5.41) is 26.0. The summed E-state index contributed by atoms with van der Waals surface area (Å²) in [4.78, 5) is 3.80. The first-order chi connectivity index (χ1) is 7.15. The van der Waals surface area contributed by atoms with Gasteiger partial charge >= 0.3 is 0 Å². The largest absolute Gasteiger partial charge is 0.396 e. The minimum atomic E-state index is -0.0665. The van der Waals surface area contributed by atoms with Crippen molar-refractivity contribution in [3.63, 3.8) is 0 Å². The highest BCUT2D eigenvalue weighted by molar-refractivity contribution is 5.72. The van der Waals surface area contributed by atoms with Gasteiger partial charge in [-0.1, -0.05) is 0 Å². The number of hydrogen-bond acceptors (Lipinski definition) is 6. The van der Waals surface area contributed by atoms with Crippen LogP contribution in [-0.4, -0.2) is 4.98 Å². The van der Waals surface area contributed by atoms with Crippen LogP contribution in [0.3, 0.4) is 0 Å². The lowest BCUT2D eigenvalue weighted by Crippen LogP contribution is -2.07. The highest BCUT2D eigenvalue weighted by Crippen LogP contribution is 2.23. The fourth-order valence-electron chi connectivity index (χ4n) is 1.12. The molecule has 0 amide bonds. The molecule has 72 valence electrons. The summed E-state index contributed by atoms with van der Waals surface area (Å²) in [6.07, 6.45) is -0.0665. The van der Waals surface area contributed by atoms with E-state index in [1.807, 2.05) is 6.07 Å². The molecule has 0 atom stereocenters. The molecular formula is C9H6N6. The van der Waals surface area contributed by atoms with Crippen LogP contribution < -0.4 is 11.5 Å². The Kier molecular flexibility index (Phi) is 2.71. The van der Waals surface area contributed by atoms with Crippen LogP contribution in [0.25, 0.3) is 0 Å². The second-order valence-corrected chi connectivity index (χ2v) is 2.67. The van der Waals surface area contributed by atoms with Crippen molar-refractivity contribution >= 4 is 11.5 Å². The number of anilines is 2. The summed E-state index contributed by atoms with van der Waals surface area (Å²) in [6.45, 7) is 0. The first-order valence-corrected chi connectivity index (χ1v) is 3.90. The molecule has 0 aliphatic rings. The summed E-state index contributed by atoms with van der Waals surface area (Å²) < 4.78 is 0. The molecule has 1 rings (SSSR count). The van der Waals surface area contributed by atoms with Crippen molar-refractivity contribution < 1.29 is 0 Å². The number of rotatable bonds is 1. The molecule has 1 heterocycles. The Morgan fingerprint density at radius 2 is 1.67 bits per heavy atom. The molecule has 0 radical (unpaired) electrons. The van der Waals surface area contributed by atoms with Crippen molar-refractivity contribution in [2.75, 3.05) is 11.5 Å². The third-order valence-corrected chi connectivity index (χ3v) is 1.81. The van der Waals surface area contributed by atoms with Gasteiger partial charge in [0.15, 0.2) is 0 Å². The second-order valence-electron chi connectivity index (χ2n) is 2.67. The number of aromatic nitrogens is 1. The van der Waals surface area contributed by atoms with E-state index in [4.69, 9.17) is 27.3 Å². The quantitative estimate of drug-likeness (QED) is 0.654.